The van der Waals surface area contributed by atoms with Gasteiger partial charge in [0, 0.05) is 0 Å². The van der Waals surface area contributed by atoms with Crippen LogP contribution in [-0.2, 0) is 11.3 Å². The Bertz CT molecular complexity index is 766. The zero-order chi connectivity index (χ0) is 15.9. The number of Topliss-reactive ketones (excluding diaryl/α,β-unsaturated/α-hetero) is 1. The molecule has 4 nitrogen and oxygen atoms in total. The zero-order valence-electron chi connectivity index (χ0n) is 11.6. The molecule has 6 heteroatoms. The van der Waals surface area contributed by atoms with Gasteiger partial charge in [0.05, 0.1) is 32.0 Å². The van der Waals surface area contributed by atoms with E-state index in [0.29, 0.717) is 17.8 Å². The summed E-state index contributed by atoms with van der Waals surface area (Å²) in [6.07, 6.45) is 0. The molecule has 1 heterocycles. The third-order valence-corrected chi connectivity index (χ3v) is 5.08. The largest absolute Gasteiger partial charge is 0.495 e. The molecule has 0 atom stereocenters. The minimum atomic E-state index is -0.470. The number of hydrogen-bond acceptors (Lipinski definition) is 3. The fourth-order valence-corrected chi connectivity index (χ4v) is 4.82. The van der Waals surface area contributed by atoms with Gasteiger partial charge >= 0.3 is 0 Å². The standard InChI is InChI=1S/C16H11I2NO3/c1-22-15-11(17)6-9(7-12(15)18)8-19-13-5-3-2-4-10(13)14(20)16(19)21/h2-7H,8H2,1H3. The lowest BCUT2D eigenvalue weighted by atomic mass is 10.1. The molecule has 2 aromatic rings. The molecule has 0 bridgehead atoms. The van der Waals surface area contributed by atoms with Gasteiger partial charge in [0.15, 0.2) is 0 Å². The number of ketones is 1. The van der Waals surface area contributed by atoms with Gasteiger partial charge in [-0.1, -0.05) is 12.1 Å². The van der Waals surface area contributed by atoms with Gasteiger partial charge in [0.25, 0.3) is 11.7 Å². The first-order valence-electron chi connectivity index (χ1n) is 6.50. The molecule has 0 saturated carbocycles. The molecule has 0 radical (unpaired) electrons. The maximum Gasteiger partial charge on any atom is 0.299 e. The van der Waals surface area contributed by atoms with Gasteiger partial charge in [-0.05, 0) is 75.0 Å². The van der Waals surface area contributed by atoms with E-state index in [1.165, 1.54) is 4.90 Å². The van der Waals surface area contributed by atoms with Crippen LogP contribution >= 0.6 is 45.2 Å². The van der Waals surface area contributed by atoms with Crippen LogP contribution in [0.4, 0.5) is 5.69 Å². The van der Waals surface area contributed by atoms with Gasteiger partial charge in [-0.15, -0.1) is 0 Å². The number of amides is 1. The van der Waals surface area contributed by atoms with Crippen molar-refractivity contribution in [2.45, 2.75) is 6.54 Å². The molecular weight excluding hydrogens is 508 g/mol. The topological polar surface area (TPSA) is 46.6 Å². The van der Waals surface area contributed by atoms with Crippen LogP contribution in [0, 0.1) is 7.14 Å². The SMILES string of the molecule is COc1c(I)cc(CN2C(=O)C(=O)c3ccccc32)cc1I. The second-order valence-corrected chi connectivity index (χ2v) is 7.15. The van der Waals surface area contributed by atoms with Crippen LogP contribution < -0.4 is 9.64 Å². The fourth-order valence-electron chi connectivity index (χ4n) is 2.49. The summed E-state index contributed by atoms with van der Waals surface area (Å²) in [4.78, 5) is 25.8. The van der Waals surface area contributed by atoms with Crippen molar-refractivity contribution in [2.24, 2.45) is 0 Å². The third kappa shape index (κ3) is 2.62. The minimum Gasteiger partial charge on any atom is -0.495 e. The summed E-state index contributed by atoms with van der Waals surface area (Å²) in [5.74, 6) is -0.0790. The normalized spacial score (nSPS) is 13.5. The molecule has 0 unspecified atom stereocenters. The van der Waals surface area contributed by atoms with Gasteiger partial charge in [0.2, 0.25) is 0 Å². The first-order valence-corrected chi connectivity index (χ1v) is 8.66. The predicted molar refractivity (Wildman–Crippen MR) is 100 cm³/mol. The van der Waals surface area contributed by atoms with Crippen molar-refractivity contribution in [1.29, 1.82) is 0 Å². The number of nitrogens with zero attached hydrogens (tertiary/aromatic N) is 1. The predicted octanol–water partition coefficient (Wildman–Crippen LogP) is 3.63. The Kier molecular flexibility index (Phi) is 4.40. The van der Waals surface area contributed by atoms with E-state index in [2.05, 4.69) is 45.2 Å². The quantitative estimate of drug-likeness (QED) is 0.460. The number of anilines is 1. The van der Waals surface area contributed by atoms with Crippen molar-refractivity contribution in [3.63, 3.8) is 0 Å². The Morgan fingerprint density at radius 2 is 1.73 bits per heavy atom. The number of hydrogen-bond donors (Lipinski definition) is 0. The third-order valence-electron chi connectivity index (χ3n) is 3.48. The molecule has 1 aliphatic heterocycles. The Labute approximate surface area is 155 Å². The first-order chi connectivity index (χ1) is 10.5. The molecule has 2 aromatic carbocycles. The molecule has 1 amide bonds. The van der Waals surface area contributed by atoms with E-state index in [-0.39, 0.29) is 0 Å². The molecule has 0 saturated heterocycles. The average molecular weight is 519 g/mol. The highest BCUT2D eigenvalue weighted by molar-refractivity contribution is 14.1. The van der Waals surface area contributed by atoms with Crippen molar-refractivity contribution >= 4 is 62.6 Å². The molecule has 112 valence electrons. The molecule has 0 aromatic heterocycles. The highest BCUT2D eigenvalue weighted by atomic mass is 127. The number of carbonyl (C=O) groups excluding carboxylic acids is 2. The Hall–Kier alpha value is -1.16. The van der Waals surface area contributed by atoms with E-state index in [4.69, 9.17) is 4.74 Å². The van der Waals surface area contributed by atoms with Crippen LogP contribution in [0.5, 0.6) is 5.75 Å². The summed E-state index contributed by atoms with van der Waals surface area (Å²) in [5.41, 5.74) is 2.12. The van der Waals surface area contributed by atoms with Crippen molar-refractivity contribution in [3.05, 3.63) is 54.7 Å². The van der Waals surface area contributed by atoms with E-state index in [1.54, 1.807) is 25.3 Å². The van der Waals surface area contributed by atoms with Gasteiger partial charge in [0.1, 0.15) is 5.75 Å². The lowest BCUT2D eigenvalue weighted by molar-refractivity contribution is -0.114. The average Bonchev–Trinajstić information content (AvgIpc) is 2.73. The van der Waals surface area contributed by atoms with Crippen LogP contribution in [0.1, 0.15) is 15.9 Å². The van der Waals surface area contributed by atoms with Gasteiger partial charge in [-0.25, -0.2) is 0 Å². The van der Waals surface area contributed by atoms with Crippen LogP contribution in [0.3, 0.4) is 0 Å². The van der Waals surface area contributed by atoms with Crippen molar-refractivity contribution in [2.75, 3.05) is 12.0 Å². The number of rotatable bonds is 3. The lowest BCUT2D eigenvalue weighted by Crippen LogP contribution is -2.29. The molecule has 22 heavy (non-hydrogen) atoms. The maximum atomic E-state index is 12.2. The number of benzene rings is 2. The van der Waals surface area contributed by atoms with Crippen molar-refractivity contribution in [3.8, 4) is 5.75 Å². The molecule has 0 fully saturated rings. The molecule has 0 aliphatic carbocycles. The number of carbonyl (C=O) groups is 2. The number of para-hydroxylation sites is 1. The van der Waals surface area contributed by atoms with Crippen molar-refractivity contribution < 1.29 is 14.3 Å². The van der Waals surface area contributed by atoms with Crippen LogP contribution in [0.25, 0.3) is 0 Å². The fraction of sp³-hybridized carbons (Fsp3) is 0.125. The van der Waals surface area contributed by atoms with E-state index >= 15 is 0 Å². The van der Waals surface area contributed by atoms with Gasteiger partial charge in [-0.2, -0.15) is 0 Å². The van der Waals surface area contributed by atoms with E-state index < -0.39 is 11.7 Å². The van der Waals surface area contributed by atoms with Crippen LogP contribution in [0.15, 0.2) is 36.4 Å². The Morgan fingerprint density at radius 1 is 1.09 bits per heavy atom. The number of ether oxygens (including phenoxy) is 1. The maximum absolute atomic E-state index is 12.2. The minimum absolute atomic E-state index is 0.373. The lowest BCUT2D eigenvalue weighted by Gasteiger charge is -2.17. The van der Waals surface area contributed by atoms with Gasteiger partial charge < -0.3 is 9.64 Å². The number of methoxy groups -OCH3 is 1. The highest BCUT2D eigenvalue weighted by Crippen LogP contribution is 2.33. The highest BCUT2D eigenvalue weighted by Gasteiger charge is 2.35. The molecule has 3 rings (SSSR count). The summed E-state index contributed by atoms with van der Waals surface area (Å²) in [6, 6.07) is 11.0. The summed E-state index contributed by atoms with van der Waals surface area (Å²) in [6.45, 7) is 0.373. The summed E-state index contributed by atoms with van der Waals surface area (Å²) in [5, 5.41) is 0. The molecule has 1 aliphatic rings. The van der Waals surface area contributed by atoms with Crippen molar-refractivity contribution in [1.82, 2.24) is 0 Å². The molecular formula is C16H11I2NO3. The first kappa shape index (κ1) is 15.7. The van der Waals surface area contributed by atoms with E-state index in [1.807, 2.05) is 18.2 Å². The summed E-state index contributed by atoms with van der Waals surface area (Å²) in [7, 11) is 1.64. The summed E-state index contributed by atoms with van der Waals surface area (Å²) >= 11 is 4.41. The Morgan fingerprint density at radius 3 is 2.36 bits per heavy atom. The number of halogens is 2. The number of fused-ring (bicyclic) bond motifs is 1. The molecule has 0 spiro atoms. The smallest absolute Gasteiger partial charge is 0.299 e. The van der Waals surface area contributed by atoms with Crippen LogP contribution in [-0.4, -0.2) is 18.8 Å². The van der Waals surface area contributed by atoms with Crippen LogP contribution in [0.2, 0.25) is 0 Å². The summed E-state index contributed by atoms with van der Waals surface area (Å²) < 4.78 is 7.31. The second-order valence-electron chi connectivity index (χ2n) is 4.83. The van der Waals surface area contributed by atoms with E-state index in [0.717, 1.165) is 18.5 Å². The van der Waals surface area contributed by atoms with Gasteiger partial charge in [-0.3, -0.25) is 9.59 Å². The second kappa shape index (κ2) is 6.15. The monoisotopic (exact) mass is 519 g/mol. The van der Waals surface area contributed by atoms with E-state index in [9.17, 15) is 9.59 Å². The molecule has 0 N–H and O–H groups in total. The zero-order valence-corrected chi connectivity index (χ0v) is 15.9. The Balaban J connectivity index is 1.97.